The topological polar surface area (TPSA) is 65.9 Å². The SMILES string of the molecule is CC(C)(C)N1CC2CCC1CC2.CC(C)(C)N1CCCC2CC21.CC(C)(C)N1CCc2ccccc2C1.CC(C)(C)n1cccn1.CC(C)N1CC2(CCC2)C1.CC(C)N1CC2CC2C1.CC(C)N1CCC2(CC2)C1.CC(C)N1CCC2CC21.CC(C)N1CCCC12CC2.CC(C)N1CCCC12CCCC2.CC(C)N1CCCC12CCOC2.CC(C)N1CCCC2(CC2)C1.CC(C)N1CCCC2(CCC2)C1. The number of piperidine rings is 7. The lowest BCUT2D eigenvalue weighted by molar-refractivity contribution is -0.0758. The molecule has 24 aliphatic rings. The number of likely N-dealkylation sites (tertiary alicyclic amines) is 10. The van der Waals surface area contributed by atoms with E-state index in [9.17, 15) is 0 Å². The van der Waals surface area contributed by atoms with Crippen molar-refractivity contribution in [3.05, 3.63) is 53.9 Å². The molecule has 15 heterocycles. The number of fused-ring (bicyclic) bond motifs is 7. The zero-order valence-corrected chi connectivity index (χ0v) is 98.7. The molecule has 7 unspecified atom stereocenters. The van der Waals surface area contributed by atoms with Crippen LogP contribution in [0.3, 0.4) is 0 Å². The van der Waals surface area contributed by atoms with Crippen molar-refractivity contribution in [2.75, 3.05) is 124 Å². The normalized spacial score (nSPS) is 30.9. The van der Waals surface area contributed by atoms with Crippen molar-refractivity contribution < 1.29 is 4.74 Å². The predicted octanol–water partition coefficient (Wildman–Crippen LogP) is 27.4. The number of hydrogen-bond donors (Lipinski definition) is 0. The van der Waals surface area contributed by atoms with Gasteiger partial charge in [0.05, 0.1) is 12.1 Å². The third kappa shape index (κ3) is 32.3. The third-order valence-corrected chi connectivity index (χ3v) is 40.3. The van der Waals surface area contributed by atoms with E-state index < -0.39 is 0 Å². The molecule has 14 aliphatic heterocycles. The average Bonchev–Trinajstić information content (AvgIpc) is 1.71. The summed E-state index contributed by atoms with van der Waals surface area (Å²) in [6.45, 7) is 95.1. The minimum absolute atomic E-state index is 0.128. The fourth-order valence-corrected chi connectivity index (χ4v) is 29.8. The maximum Gasteiger partial charge on any atom is 0.0651 e. The second kappa shape index (κ2) is 49.8. The lowest BCUT2D eigenvalue weighted by Crippen LogP contribution is -2.61. The molecule has 0 radical (unpaired) electrons. The van der Waals surface area contributed by atoms with Crippen LogP contribution in [0.4, 0.5) is 0 Å². The Hall–Kier alpha value is -2.09. The fourth-order valence-electron chi connectivity index (χ4n) is 29.8. The Balaban J connectivity index is 0.000000129. The first-order valence-corrected chi connectivity index (χ1v) is 61.2. The van der Waals surface area contributed by atoms with Gasteiger partial charge in [-0.3, -0.25) is 43.9 Å². The number of rotatable bonds is 9. The van der Waals surface area contributed by atoms with Gasteiger partial charge in [0.1, 0.15) is 0 Å². The van der Waals surface area contributed by atoms with Crippen LogP contribution in [0, 0.1) is 51.2 Å². The maximum atomic E-state index is 5.52. The second-order valence-corrected chi connectivity index (χ2v) is 58.0. The first-order chi connectivity index (χ1) is 66.5. The fraction of sp³-hybridized carbons (Fsp3) is 0.929. The van der Waals surface area contributed by atoms with Crippen LogP contribution in [0.1, 0.15) is 463 Å². The van der Waals surface area contributed by atoms with Gasteiger partial charge in [-0.05, 0) is 553 Å². The molecule has 23 fully saturated rings. The number of hydrogen-bond acceptors (Lipinski definition) is 14. The molecule has 7 spiro atoms. The van der Waals surface area contributed by atoms with Gasteiger partial charge in [-0.1, -0.05) is 49.9 Å². The molecule has 2 aromatic rings. The molecule has 812 valence electrons. The molecule has 1 aromatic heterocycles. The van der Waals surface area contributed by atoms with Gasteiger partial charge < -0.3 is 24.3 Å². The highest BCUT2D eigenvalue weighted by Gasteiger charge is 2.55. The molecule has 141 heavy (non-hydrogen) atoms. The summed E-state index contributed by atoms with van der Waals surface area (Å²) in [5.41, 5.74) is 9.35. The van der Waals surface area contributed by atoms with E-state index in [1.54, 1.807) is 6.20 Å². The Morgan fingerprint density at radius 3 is 1.11 bits per heavy atom. The van der Waals surface area contributed by atoms with E-state index in [1.807, 2.05) is 16.9 Å². The molecule has 2 bridgehead atoms. The molecule has 1 aromatic carbocycles. The molecule has 7 atom stereocenters. The van der Waals surface area contributed by atoms with Crippen LogP contribution >= 0.6 is 0 Å². The molecule has 26 rings (SSSR count). The highest BCUT2D eigenvalue weighted by atomic mass is 16.5. The summed E-state index contributed by atoms with van der Waals surface area (Å²) in [5.74, 6) is 5.41. The smallest absolute Gasteiger partial charge is 0.0651 e. The molecular weight excluding hydrogens is 1730 g/mol. The van der Waals surface area contributed by atoms with Crippen molar-refractivity contribution in [2.45, 2.75) is 576 Å². The molecule has 0 amide bonds. The summed E-state index contributed by atoms with van der Waals surface area (Å²) in [6, 6.07) is 20.5. The lowest BCUT2D eigenvalue weighted by Gasteiger charge is -2.57. The number of nitrogens with zero attached hydrogens (tertiary/aromatic N) is 14. The number of benzene rings is 1. The van der Waals surface area contributed by atoms with Gasteiger partial charge in [0, 0.05) is 190 Å². The van der Waals surface area contributed by atoms with Crippen LogP contribution in [-0.2, 0) is 23.2 Å². The first-order valence-electron chi connectivity index (χ1n) is 61.2. The van der Waals surface area contributed by atoms with Gasteiger partial charge >= 0.3 is 0 Å². The third-order valence-electron chi connectivity index (χ3n) is 40.3. The average molecular weight is 1960 g/mol. The van der Waals surface area contributed by atoms with Crippen LogP contribution in [0.5, 0.6) is 0 Å². The zero-order valence-electron chi connectivity index (χ0n) is 98.7. The number of aromatic nitrogens is 2. The van der Waals surface area contributed by atoms with Gasteiger partial charge in [-0.15, -0.1) is 0 Å². The van der Waals surface area contributed by atoms with Crippen molar-refractivity contribution in [1.29, 1.82) is 0 Å². The standard InChI is InChI=1S/C13H19N.3C11H21N.C10H19NO.2C10H19N.3C9H17N.2C8H15N.C7H12N2/c1-13(2,3)14-9-8-11-6-4-5-7-12(11)10-14;1-11(2,3)12-8-9-4-6-10(12)7-5-9;1-10(2)12-8-4-7-11(9-12)5-3-6-11;1-10(2)12-9-5-8-11(12)6-3-4-7-11;1-9(2)11-6-3-4-10(11)5-7-12-8-10;1-10(2,3)11-6-4-5-8-7-9(8)11;1-9(2)11-7-3-4-10(8-11)5-6-10;1-8(2)10-6-5-9(7-10)3-4-9;1-8(2)10-7-3-4-9(10)5-6-9;1-8(2)10-6-9(7-10)4-3-5-9;1-6(2)9-4-7-3-8(7)5-9;1-6(2)9-4-3-7-5-8(7)9;1-7(2,3)9-6-4-5-8-9/h4-7H,8-10H2,1-3H3;9-10H,4-8H2,1-3H3;2*10H,3-9H2,1-2H3;9H,3-8H2,1-2H3;8-9H,4-7H2,1-3H3;9H,3-8H2,1-2H3;3*8H,3-7H2,1-2H3;2*6-8H,3-5H2,1-2H3;4-6H,1-3H3. The van der Waals surface area contributed by atoms with E-state index in [0.29, 0.717) is 39.3 Å². The summed E-state index contributed by atoms with van der Waals surface area (Å²) >= 11 is 0. The van der Waals surface area contributed by atoms with Gasteiger partial charge in [0.15, 0.2) is 0 Å². The summed E-state index contributed by atoms with van der Waals surface area (Å²) in [5, 5.41) is 4.10. The van der Waals surface area contributed by atoms with Crippen LogP contribution in [0.15, 0.2) is 42.7 Å². The highest BCUT2D eigenvalue weighted by Crippen LogP contribution is 2.56. The van der Waals surface area contributed by atoms with Crippen LogP contribution in [0.25, 0.3) is 0 Å². The van der Waals surface area contributed by atoms with Gasteiger partial charge in [0.25, 0.3) is 0 Å². The minimum atomic E-state index is 0.128. The van der Waals surface area contributed by atoms with Crippen molar-refractivity contribution in [3.63, 3.8) is 0 Å². The van der Waals surface area contributed by atoms with E-state index in [0.717, 1.165) is 137 Å². The summed E-state index contributed by atoms with van der Waals surface area (Å²) < 4.78 is 7.46. The van der Waals surface area contributed by atoms with Gasteiger partial charge in [-0.2, -0.15) is 5.10 Å². The highest BCUT2D eigenvalue weighted by molar-refractivity contribution is 5.29. The van der Waals surface area contributed by atoms with Crippen LogP contribution < -0.4 is 0 Å². The Morgan fingerprint density at radius 1 is 0.319 bits per heavy atom. The molecule has 13 saturated heterocycles. The van der Waals surface area contributed by atoms with E-state index in [4.69, 9.17) is 4.74 Å². The zero-order chi connectivity index (χ0) is 102. The van der Waals surface area contributed by atoms with Gasteiger partial charge in [-0.25, -0.2) is 0 Å². The maximum absolute atomic E-state index is 5.52. The molecule has 10 aliphatic carbocycles. The monoisotopic (exact) mass is 1960 g/mol. The Kier molecular flexibility index (Phi) is 40.9. The largest absolute Gasteiger partial charge is 0.379 e. The Labute approximate surface area is 873 Å². The predicted molar refractivity (Wildman–Crippen MR) is 604 cm³/mol. The molecule has 0 N–H and O–H groups in total. The van der Waals surface area contributed by atoms with Crippen LogP contribution in [-0.4, -0.2) is 299 Å². The van der Waals surface area contributed by atoms with Crippen molar-refractivity contribution in [1.82, 2.24) is 68.6 Å². The summed E-state index contributed by atoms with van der Waals surface area (Å²) in [6.07, 6.45) is 60.9. The lowest BCUT2D eigenvalue weighted by atomic mass is 9.63. The summed E-state index contributed by atoms with van der Waals surface area (Å²) in [4.78, 5) is 31.8. The van der Waals surface area contributed by atoms with E-state index in [1.165, 1.54) is 373 Å². The molecular formula is C126H232N14O. The van der Waals surface area contributed by atoms with E-state index in [-0.39, 0.29) is 5.54 Å². The second-order valence-electron chi connectivity index (χ2n) is 58.0. The Morgan fingerprint density at radius 2 is 0.766 bits per heavy atom. The van der Waals surface area contributed by atoms with E-state index in [2.05, 4.69) is 296 Å². The number of ether oxygens (including phenoxy) is 1. The molecule has 15 heteroatoms. The quantitative estimate of drug-likeness (QED) is 0.239. The van der Waals surface area contributed by atoms with Crippen molar-refractivity contribution >= 4 is 0 Å². The first kappa shape index (κ1) is 116. The summed E-state index contributed by atoms with van der Waals surface area (Å²) in [7, 11) is 0. The van der Waals surface area contributed by atoms with E-state index >= 15 is 0 Å². The van der Waals surface area contributed by atoms with Crippen LogP contribution in [0.2, 0.25) is 0 Å². The van der Waals surface area contributed by atoms with Gasteiger partial charge in [0.2, 0.25) is 0 Å². The molecule has 15 nitrogen and oxygen atoms in total. The van der Waals surface area contributed by atoms with Crippen molar-refractivity contribution in [3.8, 4) is 0 Å². The minimum Gasteiger partial charge on any atom is -0.379 e. The Bertz CT molecular complexity index is 3850. The molecule has 10 saturated carbocycles. The van der Waals surface area contributed by atoms with Crippen molar-refractivity contribution in [2.24, 2.45) is 51.2 Å².